The zero-order valence-electron chi connectivity index (χ0n) is 4.68. The maximum Gasteiger partial charge on any atom is 0.412 e. The maximum absolute atomic E-state index is 9.65. The lowest BCUT2D eigenvalue weighted by Crippen LogP contribution is -2.06. The molecule has 0 saturated heterocycles. The molecular weight excluding hydrogens is 228 g/mol. The van der Waals surface area contributed by atoms with E-state index in [1.807, 2.05) is 0 Å². The van der Waals surface area contributed by atoms with E-state index in [0.717, 1.165) is 0 Å². The summed E-state index contributed by atoms with van der Waals surface area (Å²) >= 11 is 0. The molecule has 0 aliphatic heterocycles. The minimum atomic E-state index is -5.00. The van der Waals surface area contributed by atoms with Crippen LogP contribution in [0.4, 0.5) is 0 Å². The molecule has 11 heavy (non-hydrogen) atoms. The molecule has 11 heteroatoms. The number of hydrogen-bond donors (Lipinski definition) is 1. The minimum absolute atomic E-state index is 0. The Balaban J connectivity index is -0.000000320. The van der Waals surface area contributed by atoms with Gasteiger partial charge in [-0.25, -0.2) is 0 Å². The van der Waals surface area contributed by atoms with Crippen LogP contribution >= 0.6 is 10.7 Å². The zero-order valence-corrected chi connectivity index (χ0v) is 7.07. The standard InChI is InChI=1S/ClHO6S2.2H2O/c1-8(2,3)7-9(4,5)6;;/h(H,4,5,6);2*1H2. The van der Waals surface area contributed by atoms with Crippen molar-refractivity contribution in [3.8, 4) is 0 Å². The largest absolute Gasteiger partial charge is 0.412 e. The van der Waals surface area contributed by atoms with Gasteiger partial charge in [0.2, 0.25) is 0 Å². The van der Waals surface area contributed by atoms with Crippen LogP contribution in [0.5, 0.6) is 0 Å². The first-order valence-electron chi connectivity index (χ1n) is 1.34. The van der Waals surface area contributed by atoms with Crippen LogP contribution in [0.1, 0.15) is 0 Å². The monoisotopic (exact) mass is 232 g/mol. The first-order valence-corrected chi connectivity index (χ1v) is 4.94. The molecule has 0 aromatic carbocycles. The van der Waals surface area contributed by atoms with Crippen molar-refractivity contribution in [3.05, 3.63) is 0 Å². The fourth-order valence-electron chi connectivity index (χ4n) is 0.103. The van der Waals surface area contributed by atoms with Gasteiger partial charge < -0.3 is 11.0 Å². The van der Waals surface area contributed by atoms with Gasteiger partial charge in [-0.1, -0.05) is 0 Å². The quantitative estimate of drug-likeness (QED) is 0.414. The predicted octanol–water partition coefficient (Wildman–Crippen LogP) is -2.36. The van der Waals surface area contributed by atoms with E-state index in [4.69, 9.17) is 4.55 Å². The Morgan fingerprint density at radius 3 is 1.36 bits per heavy atom. The van der Waals surface area contributed by atoms with E-state index >= 15 is 0 Å². The number of halogens is 1. The normalized spacial score (nSPS) is 11.1. The maximum atomic E-state index is 9.65. The van der Waals surface area contributed by atoms with Crippen molar-refractivity contribution in [2.45, 2.75) is 0 Å². The Hall–Kier alpha value is 0.0300. The summed E-state index contributed by atoms with van der Waals surface area (Å²) in [7, 11) is -5.42. The molecule has 0 saturated carbocycles. The van der Waals surface area contributed by atoms with E-state index in [1.54, 1.807) is 0 Å². The first kappa shape index (κ1) is 17.2. The van der Waals surface area contributed by atoms with Crippen molar-refractivity contribution in [1.82, 2.24) is 0 Å². The molecule has 0 radical (unpaired) electrons. The van der Waals surface area contributed by atoms with Gasteiger partial charge in [0.1, 0.15) is 0 Å². The van der Waals surface area contributed by atoms with Gasteiger partial charge in [-0.05, 0) is 0 Å². The average molecular weight is 233 g/mol. The lowest BCUT2D eigenvalue weighted by molar-refractivity contribution is 0.389. The summed E-state index contributed by atoms with van der Waals surface area (Å²) in [5, 5.41) is 0. The van der Waals surface area contributed by atoms with Crippen molar-refractivity contribution in [2.75, 3.05) is 0 Å². The van der Waals surface area contributed by atoms with Crippen molar-refractivity contribution in [1.29, 1.82) is 0 Å². The molecule has 0 heterocycles. The van der Waals surface area contributed by atoms with E-state index in [0.29, 0.717) is 0 Å². The molecule has 0 unspecified atom stereocenters. The molecule has 0 aliphatic rings. The van der Waals surface area contributed by atoms with Crippen molar-refractivity contribution in [3.63, 3.8) is 0 Å². The summed E-state index contributed by atoms with van der Waals surface area (Å²) in [5.41, 5.74) is 0. The van der Waals surface area contributed by atoms with Gasteiger partial charge in [0, 0.05) is 0 Å². The van der Waals surface area contributed by atoms with Crippen LogP contribution in [-0.2, 0) is 23.4 Å². The third-order valence-corrected chi connectivity index (χ3v) is 1.97. The third kappa shape index (κ3) is 17.8. The topological polar surface area (TPSA) is 161 Å². The molecule has 8 nitrogen and oxygen atoms in total. The van der Waals surface area contributed by atoms with Crippen LogP contribution in [0.3, 0.4) is 0 Å². The van der Waals surface area contributed by atoms with Crippen LogP contribution in [0.2, 0.25) is 0 Å². The van der Waals surface area contributed by atoms with Gasteiger partial charge in [-0.15, -0.1) is 3.63 Å². The second kappa shape index (κ2) is 4.82. The summed E-state index contributed by atoms with van der Waals surface area (Å²) in [5.74, 6) is 0. The summed E-state index contributed by atoms with van der Waals surface area (Å²) in [4.78, 5) is 0. The second-order valence-corrected chi connectivity index (χ2v) is 4.21. The van der Waals surface area contributed by atoms with E-state index in [-0.39, 0.29) is 11.0 Å². The van der Waals surface area contributed by atoms with Gasteiger partial charge in [0.05, 0.1) is 10.7 Å². The number of rotatable bonds is 2. The Morgan fingerprint density at radius 1 is 1.09 bits per heavy atom. The van der Waals surface area contributed by atoms with Crippen molar-refractivity contribution in [2.24, 2.45) is 0 Å². The molecule has 0 amide bonds. The molecule has 0 aliphatic carbocycles. The highest BCUT2D eigenvalue weighted by atomic mass is 35.7. The molecule has 0 aromatic heterocycles. The lowest BCUT2D eigenvalue weighted by Gasteiger charge is -1.88. The smallest absolute Gasteiger partial charge is 0.412 e. The fraction of sp³-hybridized carbons (Fsp3) is 0. The number of hydrogen-bond acceptors (Lipinski definition) is 5. The van der Waals surface area contributed by atoms with Crippen LogP contribution in [-0.4, -0.2) is 32.3 Å². The van der Waals surface area contributed by atoms with Crippen LogP contribution < -0.4 is 0 Å². The third-order valence-electron chi connectivity index (χ3n) is 0.167. The van der Waals surface area contributed by atoms with Gasteiger partial charge in [0.25, 0.3) is 0 Å². The van der Waals surface area contributed by atoms with E-state index < -0.39 is 19.7 Å². The Bertz CT molecular complexity index is 237. The highest BCUT2D eigenvalue weighted by molar-refractivity contribution is 8.14. The molecule has 0 rings (SSSR count). The molecule has 0 aromatic rings. The summed E-state index contributed by atoms with van der Waals surface area (Å²) in [6.07, 6.45) is 0. The van der Waals surface area contributed by atoms with Gasteiger partial charge in [0.15, 0.2) is 0 Å². The van der Waals surface area contributed by atoms with E-state index in [9.17, 15) is 16.8 Å². The van der Waals surface area contributed by atoms with Gasteiger partial charge in [-0.3, -0.25) is 4.55 Å². The zero-order chi connectivity index (χ0) is 7.71. The molecule has 0 atom stereocenters. The van der Waals surface area contributed by atoms with Gasteiger partial charge >= 0.3 is 19.7 Å². The second-order valence-electron chi connectivity index (χ2n) is 0.889. The SMILES string of the molecule is O.O.O=S(=O)(O)OS(=O)(=O)Cl. The Kier molecular flexibility index (Phi) is 7.54. The van der Waals surface area contributed by atoms with Crippen molar-refractivity contribution < 1.29 is 36.0 Å². The molecule has 0 fully saturated rings. The van der Waals surface area contributed by atoms with Crippen LogP contribution in [0.15, 0.2) is 0 Å². The van der Waals surface area contributed by atoms with Gasteiger partial charge in [-0.2, -0.15) is 16.8 Å². The minimum Gasteiger partial charge on any atom is -0.412 e. The Morgan fingerprint density at radius 2 is 1.36 bits per heavy atom. The molecule has 0 spiro atoms. The molecule has 72 valence electrons. The van der Waals surface area contributed by atoms with E-state index in [2.05, 4.69) is 14.3 Å². The summed E-state index contributed by atoms with van der Waals surface area (Å²) < 4.78 is 48.9. The van der Waals surface area contributed by atoms with Crippen LogP contribution in [0, 0.1) is 0 Å². The first-order chi connectivity index (χ1) is 3.71. The lowest BCUT2D eigenvalue weighted by atomic mass is 15.8. The van der Waals surface area contributed by atoms with Crippen LogP contribution in [0.25, 0.3) is 0 Å². The fourth-order valence-corrected chi connectivity index (χ4v) is 1.51. The molecular formula is H5ClO8S2. The highest BCUT2D eigenvalue weighted by Gasteiger charge is 2.16. The Labute approximate surface area is 66.9 Å². The average Bonchev–Trinajstić information content (AvgIpc) is 1.14. The summed E-state index contributed by atoms with van der Waals surface area (Å²) in [6, 6.07) is 0. The molecule has 0 bridgehead atoms. The van der Waals surface area contributed by atoms with Crippen molar-refractivity contribution >= 4 is 30.4 Å². The van der Waals surface area contributed by atoms with E-state index in [1.165, 1.54) is 0 Å². The summed E-state index contributed by atoms with van der Waals surface area (Å²) in [6.45, 7) is 0. The predicted molar refractivity (Wildman–Crippen MR) is 34.6 cm³/mol. The molecule has 5 N–H and O–H groups in total. The highest BCUT2D eigenvalue weighted by Crippen LogP contribution is 2.01.